The van der Waals surface area contributed by atoms with Gasteiger partial charge in [0.1, 0.15) is 0 Å². The normalized spacial score (nSPS) is 23.2. The first-order valence-electron chi connectivity index (χ1n) is 7.40. The van der Waals surface area contributed by atoms with Gasteiger partial charge in [-0.3, -0.25) is 0 Å². The number of likely N-dealkylation sites (tertiary alicyclic amines) is 1. The Morgan fingerprint density at radius 3 is 3.00 bits per heavy atom. The van der Waals surface area contributed by atoms with Crippen LogP contribution in [-0.2, 0) is 4.74 Å². The van der Waals surface area contributed by atoms with Gasteiger partial charge >= 0.3 is 0 Å². The van der Waals surface area contributed by atoms with E-state index in [0.717, 1.165) is 26.0 Å². The minimum Gasteiger partial charge on any atom is -0.389 e. The number of nitrogens with zero attached hydrogens (tertiary/aromatic N) is 1. The number of aliphatic hydroxyl groups is 1. The zero-order chi connectivity index (χ0) is 13.2. The molecule has 18 heavy (non-hydrogen) atoms. The van der Waals surface area contributed by atoms with E-state index >= 15 is 0 Å². The average Bonchev–Trinajstić information content (AvgIpc) is 2.37. The second kappa shape index (κ2) is 9.73. The van der Waals surface area contributed by atoms with Gasteiger partial charge in [-0.05, 0) is 32.9 Å². The SMILES string of the molecule is CCCCOCC(O)CNCC1CCCCN1C. The van der Waals surface area contributed by atoms with E-state index in [4.69, 9.17) is 4.74 Å². The van der Waals surface area contributed by atoms with Gasteiger partial charge in [-0.2, -0.15) is 0 Å². The number of hydrogen-bond donors (Lipinski definition) is 2. The summed E-state index contributed by atoms with van der Waals surface area (Å²) in [5.41, 5.74) is 0. The van der Waals surface area contributed by atoms with Crippen LogP contribution in [0.3, 0.4) is 0 Å². The van der Waals surface area contributed by atoms with Crippen molar-refractivity contribution < 1.29 is 9.84 Å². The van der Waals surface area contributed by atoms with Gasteiger partial charge in [-0.1, -0.05) is 19.8 Å². The highest BCUT2D eigenvalue weighted by atomic mass is 16.5. The number of nitrogens with one attached hydrogen (secondary N) is 1. The maximum absolute atomic E-state index is 9.74. The predicted molar refractivity (Wildman–Crippen MR) is 74.9 cm³/mol. The van der Waals surface area contributed by atoms with Crippen molar-refractivity contribution in [2.75, 3.05) is 39.9 Å². The zero-order valence-electron chi connectivity index (χ0n) is 12.0. The van der Waals surface area contributed by atoms with E-state index in [2.05, 4.69) is 24.2 Å². The molecule has 2 atom stereocenters. The van der Waals surface area contributed by atoms with Crippen LogP contribution in [-0.4, -0.2) is 62.0 Å². The molecule has 1 heterocycles. The van der Waals surface area contributed by atoms with E-state index in [0.29, 0.717) is 19.2 Å². The van der Waals surface area contributed by atoms with Gasteiger partial charge in [0.05, 0.1) is 12.7 Å². The molecule has 1 aliphatic rings. The molecular formula is C14H30N2O2. The molecule has 1 fully saturated rings. The molecule has 0 amide bonds. The van der Waals surface area contributed by atoms with E-state index in [1.54, 1.807) is 0 Å². The molecule has 0 aromatic carbocycles. The smallest absolute Gasteiger partial charge is 0.0897 e. The van der Waals surface area contributed by atoms with Gasteiger partial charge in [0.2, 0.25) is 0 Å². The molecule has 1 rings (SSSR count). The third kappa shape index (κ3) is 6.69. The highest BCUT2D eigenvalue weighted by molar-refractivity contribution is 4.76. The molecule has 0 spiro atoms. The van der Waals surface area contributed by atoms with Crippen LogP contribution in [0.5, 0.6) is 0 Å². The molecule has 108 valence electrons. The molecule has 0 aromatic heterocycles. The number of aliphatic hydroxyl groups excluding tert-OH is 1. The standard InChI is InChI=1S/C14H30N2O2/c1-3-4-9-18-12-14(17)11-15-10-13-7-5-6-8-16(13)2/h13-15,17H,3-12H2,1-2H3. The van der Waals surface area contributed by atoms with Crippen LogP contribution in [0, 0.1) is 0 Å². The Morgan fingerprint density at radius 1 is 1.44 bits per heavy atom. The number of ether oxygens (including phenoxy) is 1. The molecule has 0 saturated carbocycles. The van der Waals surface area contributed by atoms with Crippen LogP contribution in [0.1, 0.15) is 39.0 Å². The van der Waals surface area contributed by atoms with Crippen molar-refractivity contribution >= 4 is 0 Å². The van der Waals surface area contributed by atoms with Crippen LogP contribution in [0.2, 0.25) is 0 Å². The fraction of sp³-hybridized carbons (Fsp3) is 1.00. The van der Waals surface area contributed by atoms with Crippen LogP contribution in [0.4, 0.5) is 0 Å². The molecule has 0 aliphatic carbocycles. The molecule has 2 N–H and O–H groups in total. The minimum atomic E-state index is -0.379. The van der Waals surface area contributed by atoms with Gasteiger partial charge in [0, 0.05) is 25.7 Å². The summed E-state index contributed by atoms with van der Waals surface area (Å²) in [6, 6.07) is 0.631. The summed E-state index contributed by atoms with van der Waals surface area (Å²) in [7, 11) is 2.19. The van der Waals surface area contributed by atoms with Crippen molar-refractivity contribution in [3.05, 3.63) is 0 Å². The van der Waals surface area contributed by atoms with Crippen LogP contribution < -0.4 is 5.32 Å². The Balaban J connectivity index is 1.98. The van der Waals surface area contributed by atoms with Crippen molar-refractivity contribution in [3.8, 4) is 0 Å². The summed E-state index contributed by atoms with van der Waals surface area (Å²) in [5.74, 6) is 0. The lowest BCUT2D eigenvalue weighted by molar-refractivity contribution is 0.0347. The highest BCUT2D eigenvalue weighted by Gasteiger charge is 2.18. The van der Waals surface area contributed by atoms with Gasteiger partial charge in [-0.15, -0.1) is 0 Å². The largest absolute Gasteiger partial charge is 0.389 e. The monoisotopic (exact) mass is 258 g/mol. The molecule has 0 bridgehead atoms. The Hall–Kier alpha value is -0.160. The second-order valence-electron chi connectivity index (χ2n) is 5.37. The van der Waals surface area contributed by atoms with Gasteiger partial charge < -0.3 is 20.1 Å². The molecule has 4 heteroatoms. The van der Waals surface area contributed by atoms with E-state index < -0.39 is 0 Å². The van der Waals surface area contributed by atoms with Crippen LogP contribution in [0.15, 0.2) is 0 Å². The summed E-state index contributed by atoms with van der Waals surface area (Å²) in [6.07, 6.45) is 5.76. The molecular weight excluding hydrogens is 228 g/mol. The number of likely N-dealkylation sites (N-methyl/N-ethyl adjacent to an activating group) is 1. The lowest BCUT2D eigenvalue weighted by Crippen LogP contribution is -2.45. The maximum atomic E-state index is 9.74. The topological polar surface area (TPSA) is 44.7 Å². The third-order valence-electron chi connectivity index (χ3n) is 3.63. The minimum absolute atomic E-state index is 0.379. The summed E-state index contributed by atoms with van der Waals surface area (Å²) in [5, 5.41) is 13.1. The van der Waals surface area contributed by atoms with E-state index in [9.17, 15) is 5.11 Å². The van der Waals surface area contributed by atoms with E-state index in [1.165, 1.54) is 25.8 Å². The quantitative estimate of drug-likeness (QED) is 0.611. The first-order chi connectivity index (χ1) is 8.74. The maximum Gasteiger partial charge on any atom is 0.0897 e. The Morgan fingerprint density at radius 2 is 2.28 bits per heavy atom. The lowest BCUT2D eigenvalue weighted by atomic mass is 10.0. The Kier molecular flexibility index (Phi) is 8.59. The van der Waals surface area contributed by atoms with E-state index in [1.807, 2.05) is 0 Å². The molecule has 1 saturated heterocycles. The molecule has 2 unspecified atom stereocenters. The van der Waals surface area contributed by atoms with Crippen molar-refractivity contribution in [3.63, 3.8) is 0 Å². The molecule has 4 nitrogen and oxygen atoms in total. The number of rotatable bonds is 9. The molecule has 1 aliphatic heterocycles. The van der Waals surface area contributed by atoms with Crippen molar-refractivity contribution in [2.45, 2.75) is 51.2 Å². The summed E-state index contributed by atoms with van der Waals surface area (Å²) < 4.78 is 5.40. The number of hydrogen-bond acceptors (Lipinski definition) is 4. The zero-order valence-corrected chi connectivity index (χ0v) is 12.0. The second-order valence-corrected chi connectivity index (χ2v) is 5.37. The number of unbranched alkanes of at least 4 members (excludes halogenated alkanes) is 1. The van der Waals surface area contributed by atoms with Crippen molar-refractivity contribution in [1.82, 2.24) is 10.2 Å². The fourth-order valence-electron chi connectivity index (χ4n) is 2.34. The fourth-order valence-corrected chi connectivity index (χ4v) is 2.34. The summed E-state index contributed by atoms with van der Waals surface area (Å²) in [6.45, 7) is 6.17. The summed E-state index contributed by atoms with van der Waals surface area (Å²) in [4.78, 5) is 2.42. The van der Waals surface area contributed by atoms with E-state index in [-0.39, 0.29) is 6.10 Å². The predicted octanol–water partition coefficient (Wildman–Crippen LogP) is 1.24. The highest BCUT2D eigenvalue weighted by Crippen LogP contribution is 2.13. The van der Waals surface area contributed by atoms with Crippen LogP contribution >= 0.6 is 0 Å². The third-order valence-corrected chi connectivity index (χ3v) is 3.63. The van der Waals surface area contributed by atoms with Gasteiger partial charge in [0.25, 0.3) is 0 Å². The van der Waals surface area contributed by atoms with Gasteiger partial charge in [-0.25, -0.2) is 0 Å². The van der Waals surface area contributed by atoms with Crippen LogP contribution in [0.25, 0.3) is 0 Å². The molecule has 0 radical (unpaired) electrons. The number of piperidine rings is 1. The van der Waals surface area contributed by atoms with Gasteiger partial charge in [0.15, 0.2) is 0 Å². The first-order valence-corrected chi connectivity index (χ1v) is 7.40. The first kappa shape index (κ1) is 15.9. The lowest BCUT2D eigenvalue weighted by Gasteiger charge is -2.32. The Labute approximate surface area is 112 Å². The average molecular weight is 258 g/mol. The van der Waals surface area contributed by atoms with Crippen molar-refractivity contribution in [1.29, 1.82) is 0 Å². The Bertz CT molecular complexity index is 202. The van der Waals surface area contributed by atoms with Crippen molar-refractivity contribution in [2.24, 2.45) is 0 Å². The summed E-state index contributed by atoms with van der Waals surface area (Å²) >= 11 is 0. The molecule has 0 aromatic rings.